The number of anilines is 1. The summed E-state index contributed by atoms with van der Waals surface area (Å²) in [5, 5.41) is 1.87. The van der Waals surface area contributed by atoms with Gasteiger partial charge < -0.3 is 4.90 Å². The molecule has 1 aromatic carbocycles. The van der Waals surface area contributed by atoms with Crippen molar-refractivity contribution < 1.29 is 4.79 Å². The monoisotopic (exact) mass is 317 g/mol. The molecule has 0 amide bonds. The van der Waals surface area contributed by atoms with Crippen molar-refractivity contribution in [2.75, 3.05) is 24.2 Å². The van der Waals surface area contributed by atoms with Gasteiger partial charge in [-0.2, -0.15) is 0 Å². The number of benzene rings is 1. The Morgan fingerprint density at radius 1 is 1.43 bits per heavy atom. The van der Waals surface area contributed by atoms with Crippen molar-refractivity contribution in [1.29, 1.82) is 0 Å². The van der Waals surface area contributed by atoms with Gasteiger partial charge in [0.15, 0.2) is 5.78 Å². The molecule has 0 aliphatic carbocycles. The van der Waals surface area contributed by atoms with Crippen LogP contribution in [-0.2, 0) is 11.2 Å². The summed E-state index contributed by atoms with van der Waals surface area (Å²) in [5.74, 6) is 0.888. The molecule has 108 valence electrons. The van der Waals surface area contributed by atoms with E-state index in [0.717, 1.165) is 34.3 Å². The molecule has 4 rings (SSSR count). The Hall–Kier alpha value is -1.40. The average Bonchev–Trinajstić information content (AvgIpc) is 3.14. The second-order valence-corrected chi connectivity index (χ2v) is 7.55. The van der Waals surface area contributed by atoms with E-state index >= 15 is 0 Å². The highest BCUT2D eigenvalue weighted by molar-refractivity contribution is 8.15. The fourth-order valence-corrected chi connectivity index (χ4v) is 4.93. The Labute approximate surface area is 131 Å². The number of likely N-dealkylation sites (N-methyl/N-ethyl adjacent to an activating group) is 1. The van der Waals surface area contributed by atoms with Crippen molar-refractivity contribution in [3.05, 3.63) is 22.7 Å². The first-order valence-electron chi connectivity index (χ1n) is 6.98. The Morgan fingerprint density at radius 2 is 2.29 bits per heavy atom. The van der Waals surface area contributed by atoms with Crippen LogP contribution in [0.2, 0.25) is 0 Å². The van der Waals surface area contributed by atoms with E-state index in [9.17, 15) is 4.79 Å². The van der Waals surface area contributed by atoms with E-state index in [1.54, 1.807) is 30.0 Å². The third kappa shape index (κ3) is 2.17. The minimum absolute atomic E-state index is 0.138. The van der Waals surface area contributed by atoms with Crippen LogP contribution >= 0.6 is 23.1 Å². The quantitative estimate of drug-likeness (QED) is 0.854. The first-order valence-corrected chi connectivity index (χ1v) is 8.78. The highest BCUT2D eigenvalue weighted by Crippen LogP contribution is 2.35. The Bertz CT molecular complexity index is 781. The lowest BCUT2D eigenvalue weighted by atomic mass is 10.1. The van der Waals surface area contributed by atoms with Gasteiger partial charge in [-0.3, -0.25) is 9.79 Å². The van der Waals surface area contributed by atoms with Crippen molar-refractivity contribution in [2.45, 2.75) is 19.4 Å². The Kier molecular flexibility index (Phi) is 3.04. The van der Waals surface area contributed by atoms with Crippen LogP contribution in [0.25, 0.3) is 10.2 Å². The van der Waals surface area contributed by atoms with Crippen LogP contribution in [0, 0.1) is 0 Å². The number of fused-ring (bicyclic) bond motifs is 2. The fourth-order valence-electron chi connectivity index (χ4n) is 2.76. The predicted molar refractivity (Wildman–Crippen MR) is 90.1 cm³/mol. The van der Waals surface area contributed by atoms with Crippen LogP contribution in [0.4, 0.5) is 5.69 Å². The number of Topliss-reactive ketones (excluding diaryl/α,β-unsaturated/α-hetero) is 1. The summed E-state index contributed by atoms with van der Waals surface area (Å²) < 4.78 is 1.20. The van der Waals surface area contributed by atoms with Crippen LogP contribution in [-0.4, -0.2) is 41.2 Å². The number of rotatable bonds is 2. The standard InChI is InChI=1S/C15H15N3OS2/c1-8(19)11-7-20-14(17-11)15-16-10-5-9-3-4-18(2)12(9)6-13(10)21-15/h5-6,11H,3-4,7H2,1-2H3/t11-/m1/s1. The SMILES string of the molecule is CC(=O)[C@H]1CSC(c2nc3cc4c(cc3s2)N(C)CC4)=N1. The summed E-state index contributed by atoms with van der Waals surface area (Å²) in [5.41, 5.74) is 3.75. The molecular weight excluding hydrogens is 302 g/mol. The summed E-state index contributed by atoms with van der Waals surface area (Å²) in [6.45, 7) is 2.69. The molecule has 1 aromatic heterocycles. The normalized spacial score (nSPS) is 21.0. The minimum atomic E-state index is -0.187. The predicted octanol–water partition coefficient (Wildman–Crippen LogP) is 2.74. The highest BCUT2D eigenvalue weighted by Gasteiger charge is 2.25. The number of aliphatic imine (C=N–C) groups is 1. The minimum Gasteiger partial charge on any atom is -0.374 e. The Morgan fingerprint density at radius 3 is 3.05 bits per heavy atom. The van der Waals surface area contributed by atoms with E-state index in [4.69, 9.17) is 4.98 Å². The van der Waals surface area contributed by atoms with E-state index in [1.807, 2.05) is 0 Å². The summed E-state index contributed by atoms with van der Waals surface area (Å²) >= 11 is 3.32. The molecule has 2 aliphatic heterocycles. The van der Waals surface area contributed by atoms with Gasteiger partial charge in [0.05, 0.1) is 10.2 Å². The molecule has 0 bridgehead atoms. The van der Waals surface area contributed by atoms with Gasteiger partial charge in [0.1, 0.15) is 16.1 Å². The largest absolute Gasteiger partial charge is 0.374 e. The molecule has 0 unspecified atom stereocenters. The van der Waals surface area contributed by atoms with E-state index in [0.29, 0.717) is 0 Å². The molecule has 2 aromatic rings. The van der Waals surface area contributed by atoms with Gasteiger partial charge in [0, 0.05) is 25.0 Å². The number of aromatic nitrogens is 1. The van der Waals surface area contributed by atoms with Crippen molar-refractivity contribution in [3.8, 4) is 0 Å². The van der Waals surface area contributed by atoms with Crippen molar-refractivity contribution in [3.63, 3.8) is 0 Å². The summed E-state index contributed by atoms with van der Waals surface area (Å²) in [6.07, 6.45) is 1.09. The van der Waals surface area contributed by atoms with Crippen LogP contribution < -0.4 is 4.90 Å². The van der Waals surface area contributed by atoms with Crippen LogP contribution in [0.5, 0.6) is 0 Å². The summed E-state index contributed by atoms with van der Waals surface area (Å²) in [4.78, 5) is 23.0. The maximum Gasteiger partial charge on any atom is 0.155 e. The zero-order valence-electron chi connectivity index (χ0n) is 11.9. The smallest absolute Gasteiger partial charge is 0.155 e. The zero-order chi connectivity index (χ0) is 14.6. The number of thiazole rings is 1. The number of carbonyl (C=O) groups is 1. The van der Waals surface area contributed by atoms with Crippen LogP contribution in [0.3, 0.4) is 0 Å². The third-order valence-electron chi connectivity index (χ3n) is 4.02. The van der Waals surface area contributed by atoms with Crippen molar-refractivity contribution in [1.82, 2.24) is 4.98 Å². The van der Waals surface area contributed by atoms with Crippen molar-refractivity contribution in [2.24, 2.45) is 4.99 Å². The molecule has 0 N–H and O–H groups in total. The van der Waals surface area contributed by atoms with E-state index in [1.165, 1.54) is 16.0 Å². The zero-order valence-corrected chi connectivity index (χ0v) is 13.6. The van der Waals surface area contributed by atoms with Gasteiger partial charge in [-0.1, -0.05) is 0 Å². The van der Waals surface area contributed by atoms with Gasteiger partial charge in [0.2, 0.25) is 0 Å². The van der Waals surface area contributed by atoms with E-state index in [2.05, 4.69) is 29.1 Å². The molecule has 0 fully saturated rings. The average molecular weight is 317 g/mol. The molecule has 1 atom stereocenters. The maximum absolute atomic E-state index is 11.4. The molecule has 0 saturated heterocycles. The summed E-state index contributed by atoms with van der Waals surface area (Å²) in [6, 6.07) is 4.26. The highest BCUT2D eigenvalue weighted by atomic mass is 32.2. The molecule has 2 aliphatic rings. The molecule has 3 heterocycles. The Balaban J connectivity index is 1.75. The lowest BCUT2D eigenvalue weighted by molar-refractivity contribution is -0.117. The first-order chi connectivity index (χ1) is 10.1. The van der Waals surface area contributed by atoms with Crippen molar-refractivity contribution >= 4 is 49.8 Å². The maximum atomic E-state index is 11.4. The third-order valence-corrected chi connectivity index (χ3v) is 6.23. The van der Waals surface area contributed by atoms with Gasteiger partial charge in [-0.15, -0.1) is 23.1 Å². The molecule has 0 saturated carbocycles. The lowest BCUT2D eigenvalue weighted by Crippen LogP contribution is -2.14. The van der Waals surface area contributed by atoms with Gasteiger partial charge in [-0.05, 0) is 31.0 Å². The van der Waals surface area contributed by atoms with E-state index < -0.39 is 0 Å². The number of hydrogen-bond donors (Lipinski definition) is 0. The van der Waals surface area contributed by atoms with Gasteiger partial charge in [0.25, 0.3) is 0 Å². The van der Waals surface area contributed by atoms with Crippen LogP contribution in [0.1, 0.15) is 17.5 Å². The number of ketones is 1. The lowest BCUT2D eigenvalue weighted by Gasteiger charge is -2.10. The number of carbonyl (C=O) groups excluding carboxylic acids is 1. The molecule has 4 nitrogen and oxygen atoms in total. The molecular formula is C15H15N3OS2. The second kappa shape index (κ2) is 4.81. The number of thioether (sulfide) groups is 1. The topological polar surface area (TPSA) is 45.6 Å². The number of hydrogen-bond acceptors (Lipinski definition) is 6. The molecule has 6 heteroatoms. The van der Waals surface area contributed by atoms with Gasteiger partial charge >= 0.3 is 0 Å². The summed E-state index contributed by atoms with van der Waals surface area (Å²) in [7, 11) is 2.13. The fraction of sp³-hybridized carbons (Fsp3) is 0.400. The van der Waals surface area contributed by atoms with E-state index in [-0.39, 0.29) is 11.8 Å². The number of nitrogens with zero attached hydrogens (tertiary/aromatic N) is 3. The molecule has 0 spiro atoms. The second-order valence-electron chi connectivity index (χ2n) is 5.51. The first kappa shape index (κ1) is 13.3. The molecule has 21 heavy (non-hydrogen) atoms. The van der Waals surface area contributed by atoms with Crippen LogP contribution in [0.15, 0.2) is 17.1 Å². The molecule has 0 radical (unpaired) electrons. The van der Waals surface area contributed by atoms with Gasteiger partial charge in [-0.25, -0.2) is 4.98 Å².